The van der Waals surface area contributed by atoms with Crippen molar-refractivity contribution in [1.29, 1.82) is 0 Å². The van der Waals surface area contributed by atoms with Gasteiger partial charge in [-0.25, -0.2) is 4.98 Å². The van der Waals surface area contributed by atoms with Crippen molar-refractivity contribution in [3.63, 3.8) is 0 Å². The summed E-state index contributed by atoms with van der Waals surface area (Å²) in [5.74, 6) is 0.281. The van der Waals surface area contributed by atoms with Gasteiger partial charge in [0.15, 0.2) is 5.65 Å². The van der Waals surface area contributed by atoms with Crippen LogP contribution >= 0.6 is 0 Å². The number of carboxylic acids is 1. The van der Waals surface area contributed by atoms with Gasteiger partial charge in [0.2, 0.25) is 0 Å². The van der Waals surface area contributed by atoms with Crippen LogP contribution in [0.4, 0.5) is 5.82 Å². The van der Waals surface area contributed by atoms with Crippen LogP contribution in [0.2, 0.25) is 0 Å². The molecule has 7 nitrogen and oxygen atoms in total. The van der Waals surface area contributed by atoms with Crippen molar-refractivity contribution in [3.8, 4) is 11.1 Å². The number of pyridine rings is 1. The highest BCUT2D eigenvalue weighted by Crippen LogP contribution is 2.40. The van der Waals surface area contributed by atoms with E-state index in [-0.39, 0.29) is 18.3 Å². The van der Waals surface area contributed by atoms with E-state index in [1.165, 1.54) is 0 Å². The van der Waals surface area contributed by atoms with Crippen LogP contribution in [0.5, 0.6) is 0 Å². The molecule has 7 heteroatoms. The van der Waals surface area contributed by atoms with Gasteiger partial charge in [-0.15, -0.1) is 0 Å². The highest BCUT2D eigenvalue weighted by Gasteiger charge is 2.28. The number of nitrogen functional groups attached to an aromatic ring is 1. The first-order valence-electron chi connectivity index (χ1n) is 11.0. The summed E-state index contributed by atoms with van der Waals surface area (Å²) in [6, 6.07) is 2.15. The van der Waals surface area contributed by atoms with Crippen LogP contribution in [0.25, 0.3) is 22.9 Å². The van der Waals surface area contributed by atoms with Crippen molar-refractivity contribution in [1.82, 2.24) is 19.6 Å². The predicted octanol–water partition coefficient (Wildman–Crippen LogP) is 4.39. The number of carbonyl (C=O) groups is 1. The highest BCUT2D eigenvalue weighted by atomic mass is 16.4. The van der Waals surface area contributed by atoms with Crippen molar-refractivity contribution in [2.24, 2.45) is 5.92 Å². The average Bonchev–Trinajstić information content (AvgIpc) is 3.20. The molecule has 31 heavy (non-hydrogen) atoms. The fourth-order valence-corrected chi connectivity index (χ4v) is 5.13. The Morgan fingerprint density at radius 2 is 2.19 bits per heavy atom. The summed E-state index contributed by atoms with van der Waals surface area (Å²) < 4.78 is 1.71. The number of aliphatic carboxylic acids is 1. The molecule has 1 saturated carbocycles. The number of hydrogen-bond donors (Lipinski definition) is 2. The van der Waals surface area contributed by atoms with Crippen LogP contribution < -0.4 is 5.73 Å². The smallest absolute Gasteiger partial charge is 0.303 e. The Morgan fingerprint density at radius 1 is 1.32 bits per heavy atom. The molecule has 3 N–H and O–H groups in total. The first-order chi connectivity index (χ1) is 15.0. The minimum atomic E-state index is -0.725. The average molecular weight is 418 g/mol. The molecule has 3 aromatic rings. The molecule has 5 rings (SSSR count). The number of nitrogens with zero attached hydrogens (tertiary/aromatic N) is 4. The first-order valence-corrected chi connectivity index (χ1v) is 11.0. The summed E-state index contributed by atoms with van der Waals surface area (Å²) in [6.07, 6.45) is 14.1. The minimum Gasteiger partial charge on any atom is -0.481 e. The number of hydrogen-bond acceptors (Lipinski definition) is 5. The fourth-order valence-electron chi connectivity index (χ4n) is 5.13. The summed E-state index contributed by atoms with van der Waals surface area (Å²) in [5.41, 5.74) is 13.3. The van der Waals surface area contributed by atoms with Crippen LogP contribution in [-0.4, -0.2) is 30.7 Å². The number of rotatable bonds is 4. The molecule has 0 saturated heterocycles. The van der Waals surface area contributed by atoms with E-state index in [0.717, 1.165) is 77.8 Å². The normalized spacial score (nSPS) is 20.7. The van der Waals surface area contributed by atoms with Gasteiger partial charge < -0.3 is 10.8 Å². The monoisotopic (exact) mass is 417 g/mol. The second-order valence-electron chi connectivity index (χ2n) is 8.83. The molecule has 2 atom stereocenters. The molecule has 0 bridgehead atoms. The molecule has 0 spiro atoms. The number of aryl methyl sites for hydroxylation is 1. The molecule has 0 amide bonds. The molecular formula is C24H27N5O2. The Morgan fingerprint density at radius 3 is 3.03 bits per heavy atom. The van der Waals surface area contributed by atoms with E-state index >= 15 is 0 Å². The fraction of sp³-hybridized carbons (Fsp3) is 0.417. The number of anilines is 1. The SMILES string of the molecule is Cc1c(C2CCCC(CC(=O)O)C2)nc2c(-c3cnc4c(c3)C=CCC4)cnn2c1N. The van der Waals surface area contributed by atoms with Crippen LogP contribution in [0.15, 0.2) is 24.5 Å². The Labute approximate surface area is 181 Å². The lowest BCUT2D eigenvalue weighted by Crippen LogP contribution is -2.20. The Balaban J connectivity index is 1.57. The Hall–Kier alpha value is -3.22. The van der Waals surface area contributed by atoms with Gasteiger partial charge in [0.25, 0.3) is 0 Å². The van der Waals surface area contributed by atoms with Crippen LogP contribution in [0, 0.1) is 12.8 Å². The maximum atomic E-state index is 11.2. The molecule has 160 valence electrons. The first kappa shape index (κ1) is 19.7. The van der Waals surface area contributed by atoms with Gasteiger partial charge in [0.1, 0.15) is 5.82 Å². The molecule has 0 aliphatic heterocycles. The minimum absolute atomic E-state index is 0.191. The van der Waals surface area contributed by atoms with Crippen LogP contribution in [0.3, 0.4) is 0 Å². The van der Waals surface area contributed by atoms with Crippen molar-refractivity contribution in [2.45, 2.75) is 57.8 Å². The van der Waals surface area contributed by atoms with Gasteiger partial charge in [0, 0.05) is 40.9 Å². The van der Waals surface area contributed by atoms with Crippen molar-refractivity contribution < 1.29 is 9.90 Å². The summed E-state index contributed by atoms with van der Waals surface area (Å²) in [5, 5.41) is 13.7. The highest BCUT2D eigenvalue weighted by molar-refractivity contribution is 5.79. The molecule has 2 unspecified atom stereocenters. The number of aromatic nitrogens is 4. The lowest BCUT2D eigenvalue weighted by atomic mass is 9.77. The van der Waals surface area contributed by atoms with E-state index in [0.29, 0.717) is 5.82 Å². The lowest BCUT2D eigenvalue weighted by molar-refractivity contribution is -0.138. The molecule has 2 aliphatic carbocycles. The summed E-state index contributed by atoms with van der Waals surface area (Å²) in [6.45, 7) is 1.99. The van der Waals surface area contributed by atoms with Crippen LogP contribution in [-0.2, 0) is 11.2 Å². The van der Waals surface area contributed by atoms with E-state index in [1.54, 1.807) is 4.52 Å². The van der Waals surface area contributed by atoms with Gasteiger partial charge in [-0.1, -0.05) is 18.6 Å². The maximum Gasteiger partial charge on any atom is 0.303 e. The zero-order valence-corrected chi connectivity index (χ0v) is 17.7. The standard InChI is InChI=1S/C24H27N5O2/c1-14-22(17-7-4-5-15(9-17)10-21(30)31)28-24-19(13-27-29(24)23(14)25)18-11-16-6-2-3-8-20(16)26-12-18/h2,6,11-13,15,17H,3-5,7-10,25H2,1H3,(H,30,31). The number of allylic oxidation sites excluding steroid dienone is 1. The molecule has 3 aromatic heterocycles. The van der Waals surface area contributed by atoms with E-state index in [4.69, 9.17) is 10.7 Å². The molecule has 0 aromatic carbocycles. The van der Waals surface area contributed by atoms with E-state index in [9.17, 15) is 9.90 Å². The second kappa shape index (κ2) is 7.80. The number of nitrogens with two attached hydrogens (primary N) is 1. The number of carboxylic acid groups (broad SMARTS) is 1. The van der Waals surface area contributed by atoms with Crippen molar-refractivity contribution >= 4 is 23.5 Å². The molecule has 2 aliphatic rings. The lowest BCUT2D eigenvalue weighted by Gasteiger charge is -2.29. The second-order valence-corrected chi connectivity index (χ2v) is 8.83. The molecule has 0 radical (unpaired) electrons. The van der Waals surface area contributed by atoms with E-state index in [1.807, 2.05) is 19.3 Å². The summed E-state index contributed by atoms with van der Waals surface area (Å²) >= 11 is 0. The predicted molar refractivity (Wildman–Crippen MR) is 120 cm³/mol. The van der Waals surface area contributed by atoms with Gasteiger partial charge in [-0.3, -0.25) is 9.78 Å². The van der Waals surface area contributed by atoms with Gasteiger partial charge in [-0.05, 0) is 56.6 Å². The number of fused-ring (bicyclic) bond motifs is 2. The van der Waals surface area contributed by atoms with Crippen molar-refractivity contribution in [2.75, 3.05) is 5.73 Å². The largest absolute Gasteiger partial charge is 0.481 e. The summed E-state index contributed by atoms with van der Waals surface area (Å²) in [4.78, 5) is 20.9. The van der Waals surface area contributed by atoms with E-state index in [2.05, 4.69) is 28.3 Å². The van der Waals surface area contributed by atoms with E-state index < -0.39 is 5.97 Å². The molecular weight excluding hydrogens is 390 g/mol. The van der Waals surface area contributed by atoms with Crippen molar-refractivity contribution in [3.05, 3.63) is 47.1 Å². The third-order valence-electron chi connectivity index (χ3n) is 6.76. The Kier molecular flexibility index (Phi) is 4.96. The third kappa shape index (κ3) is 3.58. The molecule has 1 fully saturated rings. The quantitative estimate of drug-likeness (QED) is 0.652. The molecule has 3 heterocycles. The third-order valence-corrected chi connectivity index (χ3v) is 6.76. The van der Waals surface area contributed by atoms with Gasteiger partial charge in [-0.2, -0.15) is 9.61 Å². The van der Waals surface area contributed by atoms with Gasteiger partial charge in [0.05, 0.1) is 11.9 Å². The maximum absolute atomic E-state index is 11.2. The topological polar surface area (TPSA) is 106 Å². The van der Waals surface area contributed by atoms with Crippen LogP contribution in [0.1, 0.15) is 67.0 Å². The Bertz CT molecular complexity index is 1200. The zero-order chi connectivity index (χ0) is 21.5. The summed E-state index contributed by atoms with van der Waals surface area (Å²) in [7, 11) is 0. The zero-order valence-electron chi connectivity index (χ0n) is 17.7. The van der Waals surface area contributed by atoms with Gasteiger partial charge >= 0.3 is 5.97 Å².